The highest BCUT2D eigenvalue weighted by molar-refractivity contribution is 6.32. The number of ether oxygens (including phenoxy) is 3. The Morgan fingerprint density at radius 3 is 2.68 bits per heavy atom. The monoisotopic (exact) mass is 443 g/mol. The van der Waals surface area contributed by atoms with Gasteiger partial charge in [0.2, 0.25) is 5.91 Å². The Labute approximate surface area is 187 Å². The van der Waals surface area contributed by atoms with Crippen molar-refractivity contribution in [3.63, 3.8) is 0 Å². The first-order valence-electron chi connectivity index (χ1n) is 10.1. The van der Waals surface area contributed by atoms with Crippen molar-refractivity contribution in [2.45, 2.75) is 39.2 Å². The van der Waals surface area contributed by atoms with Crippen LogP contribution >= 0.6 is 11.6 Å². The molecule has 0 saturated carbocycles. The third-order valence-electron chi connectivity index (χ3n) is 4.28. The number of rotatable bonds is 5. The summed E-state index contributed by atoms with van der Waals surface area (Å²) < 4.78 is 16.7. The van der Waals surface area contributed by atoms with E-state index in [9.17, 15) is 9.59 Å². The van der Waals surface area contributed by atoms with E-state index in [1.165, 1.54) is 6.08 Å². The standard InChI is InChI=1S/C24H26ClNO5/c1-24(2,3)31-22(28)15-17-7-4-5-8-19(17)26-21(27)10-9-16-13-18(25)23-20(14-16)29-11-6-12-30-23/h4-5,7-10,13-14H,6,11-12,15H2,1-3H3,(H,26,27). The van der Waals surface area contributed by atoms with Crippen LogP contribution in [-0.4, -0.2) is 30.7 Å². The minimum atomic E-state index is -0.568. The molecular weight excluding hydrogens is 418 g/mol. The van der Waals surface area contributed by atoms with Gasteiger partial charge in [0.15, 0.2) is 11.5 Å². The number of anilines is 1. The van der Waals surface area contributed by atoms with Gasteiger partial charge in [0.25, 0.3) is 0 Å². The van der Waals surface area contributed by atoms with Crippen molar-refractivity contribution in [1.29, 1.82) is 0 Å². The number of carbonyl (C=O) groups excluding carboxylic acids is 2. The largest absolute Gasteiger partial charge is 0.489 e. The lowest BCUT2D eigenvalue weighted by Crippen LogP contribution is -2.25. The molecule has 1 aliphatic heterocycles. The number of halogens is 1. The summed E-state index contributed by atoms with van der Waals surface area (Å²) in [7, 11) is 0. The van der Waals surface area contributed by atoms with Gasteiger partial charge in [-0.05, 0) is 56.2 Å². The number of amides is 1. The number of fused-ring (bicyclic) bond motifs is 1. The molecule has 1 N–H and O–H groups in total. The number of hydrogen-bond acceptors (Lipinski definition) is 5. The van der Waals surface area contributed by atoms with E-state index in [0.717, 1.165) is 6.42 Å². The maximum absolute atomic E-state index is 12.5. The van der Waals surface area contributed by atoms with Crippen LogP contribution in [0.4, 0.5) is 5.69 Å². The second-order valence-corrected chi connectivity index (χ2v) is 8.53. The van der Waals surface area contributed by atoms with Gasteiger partial charge in [-0.15, -0.1) is 0 Å². The topological polar surface area (TPSA) is 73.9 Å². The molecule has 7 heteroatoms. The molecule has 3 rings (SSSR count). The Morgan fingerprint density at radius 2 is 1.90 bits per heavy atom. The van der Waals surface area contributed by atoms with Crippen molar-refractivity contribution in [2.75, 3.05) is 18.5 Å². The minimum Gasteiger partial charge on any atom is -0.489 e. The van der Waals surface area contributed by atoms with E-state index in [0.29, 0.717) is 46.5 Å². The molecule has 6 nitrogen and oxygen atoms in total. The average Bonchev–Trinajstić information content (AvgIpc) is 2.92. The highest BCUT2D eigenvalue weighted by Gasteiger charge is 2.18. The lowest BCUT2D eigenvalue weighted by Gasteiger charge is -2.20. The molecule has 0 aromatic heterocycles. The first-order chi connectivity index (χ1) is 14.7. The summed E-state index contributed by atoms with van der Waals surface area (Å²) in [6, 6.07) is 10.6. The molecule has 2 aromatic carbocycles. The quantitative estimate of drug-likeness (QED) is 0.517. The van der Waals surface area contributed by atoms with Gasteiger partial charge >= 0.3 is 5.97 Å². The molecule has 0 fully saturated rings. The molecular formula is C24H26ClNO5. The van der Waals surface area contributed by atoms with Gasteiger partial charge in [-0.2, -0.15) is 0 Å². The Morgan fingerprint density at radius 1 is 1.16 bits per heavy atom. The van der Waals surface area contributed by atoms with Crippen molar-refractivity contribution in [3.8, 4) is 11.5 Å². The molecule has 1 amide bonds. The summed E-state index contributed by atoms with van der Waals surface area (Å²) in [4.78, 5) is 24.6. The predicted octanol–water partition coefficient (Wildman–Crippen LogP) is 5.04. The maximum Gasteiger partial charge on any atom is 0.310 e. The van der Waals surface area contributed by atoms with Crippen LogP contribution in [0.3, 0.4) is 0 Å². The van der Waals surface area contributed by atoms with Crippen LogP contribution in [0.5, 0.6) is 11.5 Å². The van der Waals surface area contributed by atoms with Crippen molar-refractivity contribution in [2.24, 2.45) is 0 Å². The summed E-state index contributed by atoms with van der Waals surface area (Å²) >= 11 is 6.30. The van der Waals surface area contributed by atoms with E-state index in [1.807, 2.05) is 26.8 Å². The molecule has 0 aliphatic carbocycles. The summed E-state index contributed by atoms with van der Waals surface area (Å²) in [6.45, 7) is 6.54. The zero-order valence-electron chi connectivity index (χ0n) is 17.9. The Balaban J connectivity index is 1.69. The van der Waals surface area contributed by atoms with Gasteiger partial charge in [0.05, 0.1) is 24.7 Å². The number of esters is 1. The fourth-order valence-electron chi connectivity index (χ4n) is 3.02. The van der Waals surface area contributed by atoms with E-state index in [4.69, 9.17) is 25.8 Å². The predicted molar refractivity (Wildman–Crippen MR) is 121 cm³/mol. The normalized spacial score (nSPS) is 13.5. The number of nitrogens with one attached hydrogen (secondary N) is 1. The van der Waals surface area contributed by atoms with E-state index in [-0.39, 0.29) is 18.3 Å². The van der Waals surface area contributed by atoms with Crippen molar-refractivity contribution < 1.29 is 23.8 Å². The van der Waals surface area contributed by atoms with Crippen LogP contribution in [0.2, 0.25) is 5.02 Å². The molecule has 0 saturated heterocycles. The van der Waals surface area contributed by atoms with Crippen LogP contribution in [-0.2, 0) is 20.7 Å². The van der Waals surface area contributed by atoms with Crippen LogP contribution in [0.1, 0.15) is 38.3 Å². The maximum atomic E-state index is 12.5. The van der Waals surface area contributed by atoms with E-state index in [1.54, 1.807) is 36.4 Å². The summed E-state index contributed by atoms with van der Waals surface area (Å²) in [5, 5.41) is 3.25. The summed E-state index contributed by atoms with van der Waals surface area (Å²) in [6.07, 6.45) is 3.89. The van der Waals surface area contributed by atoms with Crippen LogP contribution in [0.25, 0.3) is 6.08 Å². The Hall–Kier alpha value is -2.99. The first-order valence-corrected chi connectivity index (χ1v) is 10.5. The van der Waals surface area contributed by atoms with E-state index in [2.05, 4.69) is 5.32 Å². The molecule has 0 atom stereocenters. The molecule has 1 aliphatic rings. The van der Waals surface area contributed by atoms with E-state index >= 15 is 0 Å². The van der Waals surface area contributed by atoms with Gasteiger partial charge in [-0.25, -0.2) is 0 Å². The molecule has 164 valence electrons. The van der Waals surface area contributed by atoms with Gasteiger partial charge in [0.1, 0.15) is 5.60 Å². The Bertz CT molecular complexity index is 994. The molecule has 2 aromatic rings. The second kappa shape index (κ2) is 9.88. The lowest BCUT2D eigenvalue weighted by atomic mass is 10.1. The molecule has 1 heterocycles. The highest BCUT2D eigenvalue weighted by atomic mass is 35.5. The zero-order chi connectivity index (χ0) is 22.4. The highest BCUT2D eigenvalue weighted by Crippen LogP contribution is 2.38. The fraction of sp³-hybridized carbons (Fsp3) is 0.333. The van der Waals surface area contributed by atoms with Crippen LogP contribution < -0.4 is 14.8 Å². The van der Waals surface area contributed by atoms with Crippen LogP contribution in [0.15, 0.2) is 42.5 Å². The molecule has 0 bridgehead atoms. The van der Waals surface area contributed by atoms with E-state index < -0.39 is 5.60 Å². The molecule has 0 radical (unpaired) electrons. The van der Waals surface area contributed by atoms with Gasteiger partial charge in [-0.3, -0.25) is 9.59 Å². The van der Waals surface area contributed by atoms with Gasteiger partial charge in [0, 0.05) is 18.2 Å². The van der Waals surface area contributed by atoms with Crippen molar-refractivity contribution >= 4 is 35.2 Å². The number of hydrogen-bond donors (Lipinski definition) is 1. The van der Waals surface area contributed by atoms with Gasteiger partial charge < -0.3 is 19.5 Å². The Kier molecular flexibility index (Phi) is 7.23. The SMILES string of the molecule is CC(C)(C)OC(=O)Cc1ccccc1NC(=O)C=Cc1cc(Cl)c2c(c1)OCCCO2. The van der Waals surface area contributed by atoms with Crippen molar-refractivity contribution in [1.82, 2.24) is 0 Å². The number of para-hydroxylation sites is 1. The number of carbonyl (C=O) groups is 2. The third-order valence-corrected chi connectivity index (χ3v) is 4.56. The second-order valence-electron chi connectivity index (χ2n) is 8.12. The summed E-state index contributed by atoms with van der Waals surface area (Å²) in [5.74, 6) is 0.399. The molecule has 31 heavy (non-hydrogen) atoms. The number of benzene rings is 2. The van der Waals surface area contributed by atoms with Crippen molar-refractivity contribution in [3.05, 3.63) is 58.6 Å². The smallest absolute Gasteiger partial charge is 0.310 e. The van der Waals surface area contributed by atoms with Gasteiger partial charge in [-0.1, -0.05) is 29.8 Å². The first kappa shape index (κ1) is 22.7. The lowest BCUT2D eigenvalue weighted by molar-refractivity contribution is -0.153. The average molecular weight is 444 g/mol. The minimum absolute atomic E-state index is 0.0647. The zero-order valence-corrected chi connectivity index (χ0v) is 18.6. The van der Waals surface area contributed by atoms with Crippen LogP contribution in [0, 0.1) is 0 Å². The fourth-order valence-corrected chi connectivity index (χ4v) is 3.30. The third kappa shape index (κ3) is 6.76. The summed E-state index contributed by atoms with van der Waals surface area (Å²) in [5.41, 5.74) is 1.38. The molecule has 0 spiro atoms. The molecule has 0 unspecified atom stereocenters.